The second-order valence-corrected chi connectivity index (χ2v) is 3.73. The first-order valence-corrected chi connectivity index (χ1v) is 5.42. The quantitative estimate of drug-likeness (QED) is 0.857. The Kier molecular flexibility index (Phi) is 3.45. The van der Waals surface area contributed by atoms with Crippen molar-refractivity contribution in [1.29, 1.82) is 0 Å². The summed E-state index contributed by atoms with van der Waals surface area (Å²) in [5.41, 5.74) is 0.723. The summed E-state index contributed by atoms with van der Waals surface area (Å²) in [4.78, 5) is 10.6. The van der Waals surface area contributed by atoms with E-state index in [-0.39, 0.29) is 13.2 Å². The number of hydrogen-bond donors (Lipinski definition) is 1. The molecule has 0 bridgehead atoms. The summed E-state index contributed by atoms with van der Waals surface area (Å²) in [5, 5.41) is 8.73. The van der Waals surface area contributed by atoms with Crippen LogP contribution in [0.1, 0.15) is 12.0 Å². The van der Waals surface area contributed by atoms with Crippen molar-refractivity contribution < 1.29 is 28.8 Å². The second kappa shape index (κ2) is 5.03. The van der Waals surface area contributed by atoms with Crippen LogP contribution in [0.15, 0.2) is 6.07 Å². The van der Waals surface area contributed by atoms with Gasteiger partial charge in [0, 0.05) is 12.0 Å². The van der Waals surface area contributed by atoms with Crippen molar-refractivity contribution in [2.45, 2.75) is 12.8 Å². The van der Waals surface area contributed by atoms with Crippen LogP contribution in [-0.4, -0.2) is 32.1 Å². The first kappa shape index (κ1) is 12.3. The van der Waals surface area contributed by atoms with E-state index in [1.54, 1.807) is 6.07 Å². The average Bonchev–Trinajstić information content (AvgIpc) is 2.83. The smallest absolute Gasteiger partial charge is 0.303 e. The van der Waals surface area contributed by atoms with Crippen LogP contribution in [0.5, 0.6) is 23.0 Å². The molecular weight excluding hydrogens is 240 g/mol. The Labute approximate surface area is 104 Å². The Bertz CT molecular complexity index is 468. The van der Waals surface area contributed by atoms with Gasteiger partial charge in [-0.25, -0.2) is 0 Å². The van der Waals surface area contributed by atoms with Crippen molar-refractivity contribution in [2.24, 2.45) is 0 Å². The molecule has 1 heterocycles. The second-order valence-electron chi connectivity index (χ2n) is 3.73. The lowest BCUT2D eigenvalue weighted by atomic mass is 10.1. The van der Waals surface area contributed by atoms with Gasteiger partial charge in [-0.15, -0.1) is 0 Å². The Hall–Kier alpha value is -2.11. The molecule has 2 rings (SSSR count). The van der Waals surface area contributed by atoms with Crippen molar-refractivity contribution in [3.8, 4) is 23.0 Å². The van der Waals surface area contributed by atoms with Gasteiger partial charge in [0.2, 0.25) is 18.3 Å². The van der Waals surface area contributed by atoms with E-state index in [0.29, 0.717) is 29.4 Å². The van der Waals surface area contributed by atoms with Crippen LogP contribution in [0, 0.1) is 0 Å². The van der Waals surface area contributed by atoms with E-state index in [0.717, 1.165) is 5.56 Å². The third-order valence-corrected chi connectivity index (χ3v) is 2.67. The molecule has 0 aliphatic carbocycles. The van der Waals surface area contributed by atoms with Crippen LogP contribution in [-0.2, 0) is 11.2 Å². The van der Waals surface area contributed by atoms with Gasteiger partial charge in [0.15, 0.2) is 11.5 Å². The Morgan fingerprint density at radius 1 is 1.33 bits per heavy atom. The first-order valence-electron chi connectivity index (χ1n) is 5.42. The molecule has 0 unspecified atom stereocenters. The van der Waals surface area contributed by atoms with Crippen molar-refractivity contribution in [3.63, 3.8) is 0 Å². The first-order chi connectivity index (χ1) is 8.67. The van der Waals surface area contributed by atoms with Crippen LogP contribution in [0.2, 0.25) is 0 Å². The predicted octanol–water partition coefficient (Wildman–Crippen LogP) is 1.45. The summed E-state index contributed by atoms with van der Waals surface area (Å²) < 4.78 is 21.1. The van der Waals surface area contributed by atoms with E-state index in [1.807, 2.05) is 0 Å². The Morgan fingerprint density at radius 2 is 2.06 bits per heavy atom. The molecule has 1 aromatic rings. The minimum Gasteiger partial charge on any atom is -0.493 e. The Balaban J connectivity index is 2.41. The summed E-state index contributed by atoms with van der Waals surface area (Å²) in [6.07, 6.45) is 0.352. The van der Waals surface area contributed by atoms with Crippen LogP contribution >= 0.6 is 0 Å². The number of carboxylic acids is 1. The lowest BCUT2D eigenvalue weighted by Gasteiger charge is -2.13. The molecule has 0 fully saturated rings. The molecule has 0 amide bonds. The lowest BCUT2D eigenvalue weighted by molar-refractivity contribution is -0.136. The minimum atomic E-state index is -0.867. The molecule has 98 valence electrons. The number of methoxy groups -OCH3 is 2. The summed E-state index contributed by atoms with van der Waals surface area (Å²) in [5.74, 6) is 1.12. The third kappa shape index (κ3) is 2.13. The maximum absolute atomic E-state index is 10.6. The van der Waals surface area contributed by atoms with Gasteiger partial charge in [0.05, 0.1) is 14.2 Å². The topological polar surface area (TPSA) is 74.2 Å². The number of fused-ring (bicyclic) bond motifs is 1. The zero-order valence-electron chi connectivity index (χ0n) is 10.2. The van der Waals surface area contributed by atoms with Crippen molar-refractivity contribution in [2.75, 3.05) is 21.0 Å². The predicted molar refractivity (Wildman–Crippen MR) is 61.6 cm³/mol. The van der Waals surface area contributed by atoms with Gasteiger partial charge in [-0.05, 0) is 12.5 Å². The number of hydrogen-bond acceptors (Lipinski definition) is 5. The highest BCUT2D eigenvalue weighted by Crippen LogP contribution is 2.49. The third-order valence-electron chi connectivity index (χ3n) is 2.67. The summed E-state index contributed by atoms with van der Waals surface area (Å²) in [6.45, 7) is 0.102. The fraction of sp³-hybridized carbons (Fsp3) is 0.417. The maximum atomic E-state index is 10.6. The number of rotatable bonds is 5. The molecule has 1 N–H and O–H groups in total. The maximum Gasteiger partial charge on any atom is 0.303 e. The monoisotopic (exact) mass is 254 g/mol. The molecule has 18 heavy (non-hydrogen) atoms. The molecule has 0 saturated heterocycles. The molecule has 6 heteroatoms. The highest BCUT2D eigenvalue weighted by atomic mass is 16.7. The van der Waals surface area contributed by atoms with Gasteiger partial charge in [0.25, 0.3) is 0 Å². The molecule has 0 saturated carbocycles. The van der Waals surface area contributed by atoms with Crippen LogP contribution in [0.25, 0.3) is 0 Å². The number of ether oxygens (including phenoxy) is 4. The molecule has 6 nitrogen and oxygen atoms in total. The van der Waals surface area contributed by atoms with E-state index in [4.69, 9.17) is 24.1 Å². The zero-order valence-corrected chi connectivity index (χ0v) is 10.2. The van der Waals surface area contributed by atoms with Crippen molar-refractivity contribution >= 4 is 5.97 Å². The van der Waals surface area contributed by atoms with Crippen LogP contribution < -0.4 is 18.9 Å². The van der Waals surface area contributed by atoms with E-state index in [2.05, 4.69) is 0 Å². The fourth-order valence-corrected chi connectivity index (χ4v) is 1.87. The number of carboxylic acid groups (broad SMARTS) is 1. The molecule has 0 radical (unpaired) electrons. The molecular formula is C12H14O6. The fourth-order valence-electron chi connectivity index (χ4n) is 1.87. The summed E-state index contributed by atoms with van der Waals surface area (Å²) >= 11 is 0. The highest BCUT2D eigenvalue weighted by Gasteiger charge is 2.26. The SMILES string of the molecule is COc1cc(CCC(=O)O)c(OC)c2c1OCO2. The standard InChI is InChI=1S/C12H14O6/c1-15-8-5-7(3-4-9(13)14)10(16-2)12-11(8)17-6-18-12/h5H,3-4,6H2,1-2H3,(H,13,14). The molecule has 1 aliphatic rings. The van der Waals surface area contributed by atoms with E-state index >= 15 is 0 Å². The molecule has 1 aromatic carbocycles. The number of aliphatic carboxylic acids is 1. The molecule has 0 aromatic heterocycles. The molecule has 0 atom stereocenters. The minimum absolute atomic E-state index is 0.0131. The van der Waals surface area contributed by atoms with Gasteiger partial charge >= 0.3 is 5.97 Å². The van der Waals surface area contributed by atoms with Crippen LogP contribution in [0.4, 0.5) is 0 Å². The van der Waals surface area contributed by atoms with Gasteiger partial charge in [-0.3, -0.25) is 4.79 Å². The largest absolute Gasteiger partial charge is 0.493 e. The Morgan fingerprint density at radius 3 is 2.67 bits per heavy atom. The van der Waals surface area contributed by atoms with E-state index < -0.39 is 5.97 Å². The normalized spacial score (nSPS) is 12.3. The number of carbonyl (C=O) groups is 1. The number of aryl methyl sites for hydroxylation is 1. The lowest BCUT2D eigenvalue weighted by Crippen LogP contribution is -2.01. The summed E-state index contributed by atoms with van der Waals surface area (Å²) in [7, 11) is 3.03. The highest BCUT2D eigenvalue weighted by molar-refractivity contribution is 5.69. The van der Waals surface area contributed by atoms with E-state index in [9.17, 15) is 4.79 Å². The molecule has 0 spiro atoms. The van der Waals surface area contributed by atoms with E-state index in [1.165, 1.54) is 14.2 Å². The zero-order chi connectivity index (χ0) is 13.1. The van der Waals surface area contributed by atoms with Gasteiger partial charge < -0.3 is 24.1 Å². The van der Waals surface area contributed by atoms with Crippen LogP contribution in [0.3, 0.4) is 0 Å². The van der Waals surface area contributed by atoms with Gasteiger partial charge in [-0.2, -0.15) is 0 Å². The molecule has 1 aliphatic heterocycles. The summed E-state index contributed by atoms with van der Waals surface area (Å²) in [6, 6.07) is 1.72. The van der Waals surface area contributed by atoms with Crippen molar-refractivity contribution in [1.82, 2.24) is 0 Å². The van der Waals surface area contributed by atoms with Gasteiger partial charge in [-0.1, -0.05) is 0 Å². The average molecular weight is 254 g/mol. The van der Waals surface area contributed by atoms with Crippen molar-refractivity contribution in [3.05, 3.63) is 11.6 Å². The van der Waals surface area contributed by atoms with Gasteiger partial charge in [0.1, 0.15) is 0 Å². The number of benzene rings is 1.